The third-order valence-corrected chi connectivity index (χ3v) is 19.8. The van der Waals surface area contributed by atoms with Gasteiger partial charge >= 0.3 is 5.97 Å². The molecule has 0 aromatic rings. The topological polar surface area (TPSA) is 175 Å². The van der Waals surface area contributed by atoms with Crippen LogP contribution in [0.2, 0.25) is 0 Å². The maximum Gasteiger partial charge on any atom is 0.305 e. The predicted octanol–water partition coefficient (Wildman–Crippen LogP) is 22.3. The van der Waals surface area contributed by atoms with Crippen LogP contribution in [0.15, 0.2) is 24.3 Å². The summed E-state index contributed by atoms with van der Waals surface area (Å²) in [6.45, 7) is 4.36. The van der Waals surface area contributed by atoms with Crippen LogP contribution in [0.5, 0.6) is 0 Å². The number of aliphatic hydroxyl groups excluding tert-OH is 5. The first-order valence-electron chi connectivity index (χ1n) is 41.1. The van der Waals surface area contributed by atoms with E-state index in [0.29, 0.717) is 19.4 Å². The molecule has 550 valence electrons. The van der Waals surface area contributed by atoms with Gasteiger partial charge in [-0.3, -0.25) is 9.59 Å². The van der Waals surface area contributed by atoms with Crippen molar-refractivity contribution in [2.75, 3.05) is 19.8 Å². The maximum atomic E-state index is 13.0. The van der Waals surface area contributed by atoms with Crippen LogP contribution in [0.25, 0.3) is 0 Å². The Morgan fingerprint density at radius 2 is 0.699 bits per heavy atom. The number of carbonyl (C=O) groups excluding carboxylic acids is 2. The molecule has 0 aromatic heterocycles. The molecule has 1 aliphatic heterocycles. The van der Waals surface area contributed by atoms with Crippen molar-refractivity contribution in [2.24, 2.45) is 0 Å². The van der Waals surface area contributed by atoms with Gasteiger partial charge in [0.05, 0.1) is 32.0 Å². The van der Waals surface area contributed by atoms with E-state index in [1.807, 2.05) is 6.08 Å². The Balaban J connectivity index is 1.83. The largest absolute Gasteiger partial charge is 0.466 e. The lowest BCUT2D eigenvalue weighted by atomic mass is 9.99. The number of ether oxygens (including phenoxy) is 3. The van der Waals surface area contributed by atoms with Crippen LogP contribution < -0.4 is 5.32 Å². The number of nitrogens with one attached hydrogen (secondary N) is 1. The summed E-state index contributed by atoms with van der Waals surface area (Å²) in [6, 6.07) is -0.821. The average Bonchev–Trinajstić information content (AvgIpc) is 0.887. The second-order valence-corrected chi connectivity index (χ2v) is 28.8. The zero-order chi connectivity index (χ0) is 67.2. The number of hydrogen-bond acceptors (Lipinski definition) is 10. The summed E-state index contributed by atoms with van der Waals surface area (Å²) in [5, 5.41) is 54.4. The van der Waals surface area contributed by atoms with Crippen molar-refractivity contribution in [1.82, 2.24) is 5.32 Å². The van der Waals surface area contributed by atoms with Crippen molar-refractivity contribution in [3.8, 4) is 0 Å². The van der Waals surface area contributed by atoms with Crippen molar-refractivity contribution in [2.45, 2.75) is 468 Å². The molecule has 0 spiro atoms. The van der Waals surface area contributed by atoms with Gasteiger partial charge in [-0.1, -0.05) is 391 Å². The minimum absolute atomic E-state index is 0.0226. The lowest BCUT2D eigenvalue weighted by Crippen LogP contribution is -2.60. The number of rotatable bonds is 74. The number of carbonyl (C=O) groups is 2. The molecule has 6 N–H and O–H groups in total. The summed E-state index contributed by atoms with van der Waals surface area (Å²) in [5.41, 5.74) is 0. The van der Waals surface area contributed by atoms with Gasteiger partial charge in [0.25, 0.3) is 0 Å². The van der Waals surface area contributed by atoms with Crippen LogP contribution >= 0.6 is 0 Å². The Kier molecular flexibility index (Phi) is 68.5. The number of unbranched alkanes of at least 4 members (excludes halogenated alkanes) is 58. The van der Waals surface area contributed by atoms with Crippen LogP contribution in [0, 0.1) is 0 Å². The Labute approximate surface area is 575 Å². The van der Waals surface area contributed by atoms with E-state index in [1.165, 1.54) is 347 Å². The normalized spacial score (nSPS) is 17.5. The smallest absolute Gasteiger partial charge is 0.305 e. The van der Waals surface area contributed by atoms with E-state index in [2.05, 4.69) is 31.3 Å². The second-order valence-electron chi connectivity index (χ2n) is 28.8. The van der Waals surface area contributed by atoms with Crippen LogP contribution in [0.1, 0.15) is 425 Å². The van der Waals surface area contributed by atoms with Gasteiger partial charge in [-0.15, -0.1) is 0 Å². The van der Waals surface area contributed by atoms with Gasteiger partial charge < -0.3 is 45.1 Å². The van der Waals surface area contributed by atoms with E-state index in [9.17, 15) is 35.1 Å². The zero-order valence-corrected chi connectivity index (χ0v) is 61.5. The van der Waals surface area contributed by atoms with E-state index in [0.717, 1.165) is 51.4 Å². The monoisotopic (exact) mass is 1320 g/mol. The van der Waals surface area contributed by atoms with E-state index >= 15 is 0 Å². The molecule has 1 amide bonds. The third kappa shape index (κ3) is 59.9. The third-order valence-electron chi connectivity index (χ3n) is 19.8. The molecular weight excluding hydrogens is 1160 g/mol. The number of amides is 1. The minimum atomic E-state index is -1.57. The lowest BCUT2D eigenvalue weighted by molar-refractivity contribution is -0.302. The van der Waals surface area contributed by atoms with Gasteiger partial charge in [-0.25, -0.2) is 0 Å². The summed E-state index contributed by atoms with van der Waals surface area (Å²) >= 11 is 0. The molecule has 0 aromatic carbocycles. The minimum Gasteiger partial charge on any atom is -0.466 e. The zero-order valence-electron chi connectivity index (χ0n) is 61.5. The SMILES string of the molecule is CCCCCC/C=C/CC/C=C/C(O)C(COC1OC(CO)C(O)C(O)C1O)NC(=O)CCCCCCCCCCCCCCCCCCCCCCCCCCCCCCCCCCCCCCCCCOC(=O)CCCCCCCCCCCCCCCCCC. The molecule has 7 unspecified atom stereocenters. The van der Waals surface area contributed by atoms with E-state index < -0.39 is 49.5 Å². The van der Waals surface area contributed by atoms with Crippen molar-refractivity contribution >= 4 is 11.9 Å². The lowest BCUT2D eigenvalue weighted by Gasteiger charge is -2.40. The molecule has 11 heteroatoms. The van der Waals surface area contributed by atoms with Gasteiger partial charge in [-0.2, -0.15) is 0 Å². The fourth-order valence-corrected chi connectivity index (χ4v) is 13.4. The standard InChI is InChI=1S/C82H157NO10/c1-3-5-7-9-11-13-15-16-17-44-47-50-54-58-62-66-70-78(87)91-71-67-63-59-55-51-48-45-42-40-38-36-34-32-30-28-26-24-22-20-18-19-21-23-25-27-29-31-33-35-37-39-41-43-46-49-53-57-61-65-69-77(86)83-74(73-92-82-81(90)80(89)79(88)76(72-84)93-82)75(85)68-64-60-56-52-14-12-10-8-6-4-2/h14,52,64,68,74-76,79-82,84-85,88-90H,3-13,15-51,53-63,65-67,69-73H2,1-2H3,(H,83,86)/b52-14+,68-64+. The molecule has 93 heavy (non-hydrogen) atoms. The van der Waals surface area contributed by atoms with Crippen molar-refractivity contribution in [3.63, 3.8) is 0 Å². The fraction of sp³-hybridized carbons (Fsp3) is 0.927. The molecular formula is C82H157NO10. The summed E-state index contributed by atoms with van der Waals surface area (Å²) in [6.07, 6.45) is 82.5. The van der Waals surface area contributed by atoms with E-state index in [1.54, 1.807) is 6.08 Å². The molecule has 1 heterocycles. The molecule has 0 radical (unpaired) electrons. The summed E-state index contributed by atoms with van der Waals surface area (Å²) in [5.74, 6) is -0.163. The first kappa shape index (κ1) is 89.2. The van der Waals surface area contributed by atoms with E-state index in [4.69, 9.17) is 14.2 Å². The highest BCUT2D eigenvalue weighted by Gasteiger charge is 2.44. The van der Waals surface area contributed by atoms with Crippen molar-refractivity contribution < 1.29 is 49.3 Å². The Hall–Kier alpha value is -1.86. The van der Waals surface area contributed by atoms with Crippen LogP contribution in [-0.2, 0) is 23.8 Å². The van der Waals surface area contributed by atoms with Crippen LogP contribution in [0.4, 0.5) is 0 Å². The molecule has 0 saturated carbocycles. The first-order valence-corrected chi connectivity index (χ1v) is 41.1. The van der Waals surface area contributed by atoms with Crippen LogP contribution in [-0.4, -0.2) is 100 Å². The fourth-order valence-electron chi connectivity index (χ4n) is 13.4. The Bertz CT molecular complexity index is 1590. The van der Waals surface area contributed by atoms with Crippen molar-refractivity contribution in [3.05, 3.63) is 24.3 Å². The van der Waals surface area contributed by atoms with Gasteiger partial charge in [0.1, 0.15) is 24.4 Å². The Morgan fingerprint density at radius 3 is 1.06 bits per heavy atom. The van der Waals surface area contributed by atoms with Crippen molar-refractivity contribution in [1.29, 1.82) is 0 Å². The molecule has 0 bridgehead atoms. The molecule has 1 fully saturated rings. The molecule has 1 saturated heterocycles. The van der Waals surface area contributed by atoms with Gasteiger partial charge in [0.15, 0.2) is 6.29 Å². The number of esters is 1. The molecule has 11 nitrogen and oxygen atoms in total. The Morgan fingerprint density at radius 1 is 0.387 bits per heavy atom. The maximum absolute atomic E-state index is 13.0. The van der Waals surface area contributed by atoms with Gasteiger partial charge in [0, 0.05) is 12.8 Å². The highest BCUT2D eigenvalue weighted by Crippen LogP contribution is 2.24. The predicted molar refractivity (Wildman–Crippen MR) is 394 cm³/mol. The van der Waals surface area contributed by atoms with Crippen LogP contribution in [0.3, 0.4) is 0 Å². The summed E-state index contributed by atoms with van der Waals surface area (Å²) in [4.78, 5) is 25.2. The molecule has 0 aliphatic carbocycles. The first-order chi connectivity index (χ1) is 45.7. The molecule has 1 aliphatic rings. The van der Waals surface area contributed by atoms with Gasteiger partial charge in [0.2, 0.25) is 5.91 Å². The number of allylic oxidation sites excluding steroid dienone is 3. The molecule has 7 atom stereocenters. The summed E-state index contributed by atoms with van der Waals surface area (Å²) < 4.78 is 16.7. The highest BCUT2D eigenvalue weighted by molar-refractivity contribution is 5.76. The second kappa shape index (κ2) is 71.4. The van der Waals surface area contributed by atoms with E-state index in [-0.39, 0.29) is 18.5 Å². The number of aliphatic hydroxyl groups is 5. The average molecular weight is 1320 g/mol. The quantitative estimate of drug-likeness (QED) is 0.0195. The summed E-state index contributed by atoms with van der Waals surface area (Å²) in [7, 11) is 0. The highest BCUT2D eigenvalue weighted by atomic mass is 16.7. The van der Waals surface area contributed by atoms with Gasteiger partial charge in [-0.05, 0) is 44.9 Å². The number of hydrogen-bond donors (Lipinski definition) is 6. The molecule has 1 rings (SSSR count).